The van der Waals surface area contributed by atoms with Crippen molar-refractivity contribution < 1.29 is 17.6 Å². The number of hydrogen-bond donors (Lipinski definition) is 0. The fourth-order valence-corrected chi connectivity index (χ4v) is 2.01. The van der Waals surface area contributed by atoms with E-state index in [0.29, 0.717) is 0 Å². The third-order valence-electron chi connectivity index (χ3n) is 2.31. The van der Waals surface area contributed by atoms with Crippen LogP contribution in [0.4, 0.5) is 17.6 Å². The maximum atomic E-state index is 13.5. The fraction of sp³-hybridized carbons (Fsp3) is 0. The maximum absolute atomic E-state index is 13.5. The number of rotatable bonds is 1. The Hall–Kier alpha value is -1.26. The lowest BCUT2D eigenvalue weighted by molar-refractivity contribution is 0.437. The monoisotopic (exact) mass is 294 g/mol. The van der Waals surface area contributed by atoms with Crippen LogP contribution in [0.5, 0.6) is 0 Å². The first-order valence-corrected chi connectivity index (χ1v) is 5.46. The summed E-state index contributed by atoms with van der Waals surface area (Å²) in [6.45, 7) is 0. The summed E-state index contributed by atoms with van der Waals surface area (Å²) in [4.78, 5) is 0. The predicted octanol–water partition coefficient (Wildman–Crippen LogP) is 5.22. The molecule has 0 unspecified atom stereocenters. The van der Waals surface area contributed by atoms with Gasteiger partial charge in [0, 0.05) is 16.7 Å². The molecule has 0 bridgehead atoms. The third kappa shape index (κ3) is 2.18. The van der Waals surface area contributed by atoms with E-state index in [4.69, 9.17) is 23.2 Å². The van der Waals surface area contributed by atoms with Gasteiger partial charge in [0.1, 0.15) is 5.82 Å². The molecule has 0 spiro atoms. The molecule has 0 N–H and O–H groups in total. The average molecular weight is 295 g/mol. The lowest BCUT2D eigenvalue weighted by Gasteiger charge is -2.09. The van der Waals surface area contributed by atoms with E-state index in [-0.39, 0.29) is 21.7 Å². The molecule has 0 saturated carbocycles. The molecule has 6 heteroatoms. The van der Waals surface area contributed by atoms with E-state index in [2.05, 4.69) is 0 Å². The molecule has 2 aromatic rings. The Morgan fingerprint density at radius 2 is 1.44 bits per heavy atom. The van der Waals surface area contributed by atoms with E-state index in [1.165, 1.54) is 18.2 Å². The van der Waals surface area contributed by atoms with Gasteiger partial charge in [0.25, 0.3) is 0 Å². The zero-order valence-electron chi connectivity index (χ0n) is 8.58. The number of benzene rings is 2. The van der Waals surface area contributed by atoms with Crippen LogP contribution < -0.4 is 0 Å². The van der Waals surface area contributed by atoms with Gasteiger partial charge in [-0.2, -0.15) is 0 Å². The first-order valence-electron chi connectivity index (χ1n) is 4.70. The molecule has 0 saturated heterocycles. The highest BCUT2D eigenvalue weighted by Gasteiger charge is 2.21. The van der Waals surface area contributed by atoms with Crippen molar-refractivity contribution in [3.63, 3.8) is 0 Å². The molecule has 0 aromatic heterocycles. The second kappa shape index (κ2) is 4.78. The smallest absolute Gasteiger partial charge is 0.195 e. The summed E-state index contributed by atoms with van der Waals surface area (Å²) >= 11 is 11.4. The van der Waals surface area contributed by atoms with E-state index >= 15 is 0 Å². The summed E-state index contributed by atoms with van der Waals surface area (Å²) in [7, 11) is 0. The minimum Gasteiger partial charge on any atom is -0.206 e. The van der Waals surface area contributed by atoms with Crippen LogP contribution in [0, 0.1) is 23.3 Å². The van der Waals surface area contributed by atoms with Gasteiger partial charge in [0.15, 0.2) is 17.5 Å². The summed E-state index contributed by atoms with van der Waals surface area (Å²) in [5, 5.41) is 0.193. The van der Waals surface area contributed by atoms with Crippen molar-refractivity contribution in [2.24, 2.45) is 0 Å². The quantitative estimate of drug-likeness (QED) is 0.384. The van der Waals surface area contributed by atoms with E-state index < -0.39 is 28.8 Å². The van der Waals surface area contributed by atoms with Gasteiger partial charge in [-0.3, -0.25) is 0 Å². The predicted molar refractivity (Wildman–Crippen MR) is 61.7 cm³/mol. The zero-order chi connectivity index (χ0) is 13.4. The van der Waals surface area contributed by atoms with Gasteiger partial charge in [-0.05, 0) is 12.1 Å². The molecule has 0 nitrogen and oxygen atoms in total. The molecule has 0 heterocycles. The molecule has 2 rings (SSSR count). The summed E-state index contributed by atoms with van der Waals surface area (Å²) in [5.74, 6) is -6.22. The van der Waals surface area contributed by atoms with Gasteiger partial charge in [0.2, 0.25) is 0 Å². The second-order valence-electron chi connectivity index (χ2n) is 3.47. The van der Waals surface area contributed by atoms with Crippen LogP contribution in [0.3, 0.4) is 0 Å². The maximum Gasteiger partial charge on any atom is 0.195 e. The summed E-state index contributed by atoms with van der Waals surface area (Å²) in [5.41, 5.74) is -0.828. The molecule has 0 amide bonds. The van der Waals surface area contributed by atoms with Gasteiger partial charge in [-0.1, -0.05) is 29.3 Å². The molecule has 18 heavy (non-hydrogen) atoms. The topological polar surface area (TPSA) is 0 Å². The first kappa shape index (κ1) is 13.2. The lowest BCUT2D eigenvalue weighted by Crippen LogP contribution is -1.98. The molecule has 0 atom stereocenters. The van der Waals surface area contributed by atoms with Crippen LogP contribution in [0.25, 0.3) is 11.1 Å². The van der Waals surface area contributed by atoms with Crippen molar-refractivity contribution in [2.45, 2.75) is 0 Å². The van der Waals surface area contributed by atoms with Gasteiger partial charge >= 0.3 is 0 Å². The standard InChI is InChI=1S/C12H4Cl2F4/c13-5-1-2-6(7(14)3-5)10-8(15)4-9(16)11(17)12(10)18/h1-4H. The molecular weight excluding hydrogens is 291 g/mol. The highest BCUT2D eigenvalue weighted by atomic mass is 35.5. The molecule has 0 aliphatic rings. The molecule has 94 valence electrons. The molecular formula is C12H4Cl2F4. The van der Waals surface area contributed by atoms with Crippen LogP contribution in [0.15, 0.2) is 24.3 Å². The van der Waals surface area contributed by atoms with Gasteiger partial charge in [-0.15, -0.1) is 0 Å². The zero-order valence-corrected chi connectivity index (χ0v) is 10.1. The van der Waals surface area contributed by atoms with Gasteiger partial charge in [-0.25, -0.2) is 17.6 Å². The van der Waals surface area contributed by atoms with E-state index in [1.807, 2.05) is 0 Å². The van der Waals surface area contributed by atoms with Crippen LogP contribution >= 0.6 is 23.2 Å². The Labute approximate surface area is 110 Å². The van der Waals surface area contributed by atoms with Crippen molar-refractivity contribution in [1.29, 1.82) is 0 Å². The Morgan fingerprint density at radius 3 is 2.06 bits per heavy atom. The van der Waals surface area contributed by atoms with Crippen molar-refractivity contribution in [3.8, 4) is 11.1 Å². The highest BCUT2D eigenvalue weighted by molar-refractivity contribution is 6.36. The minimum absolute atomic E-state index is 0.0636. The van der Waals surface area contributed by atoms with Crippen molar-refractivity contribution in [3.05, 3.63) is 57.6 Å². The van der Waals surface area contributed by atoms with Crippen molar-refractivity contribution in [2.75, 3.05) is 0 Å². The van der Waals surface area contributed by atoms with Gasteiger partial charge in [0.05, 0.1) is 10.6 Å². The van der Waals surface area contributed by atoms with Crippen molar-refractivity contribution in [1.82, 2.24) is 0 Å². The molecule has 0 aliphatic carbocycles. The van der Waals surface area contributed by atoms with E-state index in [9.17, 15) is 17.6 Å². The highest BCUT2D eigenvalue weighted by Crippen LogP contribution is 2.35. The SMILES string of the molecule is Fc1cc(F)c(-c2ccc(Cl)cc2Cl)c(F)c1F. The second-order valence-corrected chi connectivity index (χ2v) is 4.31. The Kier molecular flexibility index (Phi) is 3.50. The van der Waals surface area contributed by atoms with Crippen molar-refractivity contribution >= 4 is 23.2 Å². The number of halogens is 6. The largest absolute Gasteiger partial charge is 0.206 e. The van der Waals surface area contributed by atoms with Crippen LogP contribution in [0.2, 0.25) is 10.0 Å². The summed E-state index contributed by atoms with van der Waals surface area (Å²) in [6.07, 6.45) is 0. The van der Waals surface area contributed by atoms with E-state index in [0.717, 1.165) is 0 Å². The first-order chi connectivity index (χ1) is 8.41. The third-order valence-corrected chi connectivity index (χ3v) is 2.86. The minimum atomic E-state index is -1.75. The molecule has 2 aromatic carbocycles. The normalized spacial score (nSPS) is 10.8. The molecule has 0 fully saturated rings. The molecule has 0 radical (unpaired) electrons. The molecule has 0 aliphatic heterocycles. The Balaban J connectivity index is 2.75. The average Bonchev–Trinajstić information content (AvgIpc) is 2.29. The lowest BCUT2D eigenvalue weighted by atomic mass is 10.0. The van der Waals surface area contributed by atoms with Crippen LogP contribution in [0.1, 0.15) is 0 Å². The van der Waals surface area contributed by atoms with E-state index in [1.54, 1.807) is 0 Å². The Morgan fingerprint density at radius 1 is 0.778 bits per heavy atom. The van der Waals surface area contributed by atoms with Gasteiger partial charge < -0.3 is 0 Å². The van der Waals surface area contributed by atoms with Crippen LogP contribution in [-0.4, -0.2) is 0 Å². The Bertz CT molecular complexity index is 626. The fourth-order valence-electron chi connectivity index (χ4n) is 1.51. The number of hydrogen-bond acceptors (Lipinski definition) is 0. The summed E-state index contributed by atoms with van der Waals surface area (Å²) < 4.78 is 52.9. The summed E-state index contributed by atoms with van der Waals surface area (Å²) in [6, 6.07) is 4.07. The van der Waals surface area contributed by atoms with Crippen LogP contribution in [-0.2, 0) is 0 Å².